The van der Waals surface area contributed by atoms with Crippen LogP contribution in [0, 0.1) is 0 Å². The highest BCUT2D eigenvalue weighted by molar-refractivity contribution is 5.64. The molecule has 1 amide bonds. The summed E-state index contributed by atoms with van der Waals surface area (Å²) < 4.78 is 10.2. The van der Waals surface area contributed by atoms with E-state index in [2.05, 4.69) is 0 Å². The molecule has 0 unspecified atom stereocenters. The number of primary amides is 1. The molecule has 1 heterocycles. The van der Waals surface area contributed by atoms with E-state index in [0.29, 0.717) is 13.0 Å². The van der Waals surface area contributed by atoms with Gasteiger partial charge < -0.3 is 20.3 Å². The van der Waals surface area contributed by atoms with Gasteiger partial charge >= 0.3 is 6.09 Å². The molecule has 0 fully saturated rings. The van der Waals surface area contributed by atoms with E-state index in [4.69, 9.17) is 15.2 Å². The van der Waals surface area contributed by atoms with Gasteiger partial charge in [0.25, 0.3) is 0 Å². The second-order valence-electron chi connectivity index (χ2n) is 4.56. The molecule has 0 saturated heterocycles. The normalized spacial score (nSPS) is 21.0. The van der Waals surface area contributed by atoms with Crippen molar-refractivity contribution in [1.29, 1.82) is 0 Å². The van der Waals surface area contributed by atoms with Crippen LogP contribution in [0.4, 0.5) is 4.79 Å². The van der Waals surface area contributed by atoms with E-state index in [-0.39, 0.29) is 6.61 Å². The molecule has 2 atom stereocenters. The lowest BCUT2D eigenvalue weighted by Crippen LogP contribution is -2.48. The average molecular weight is 263 g/mol. The fourth-order valence-corrected chi connectivity index (χ4v) is 2.11. The van der Waals surface area contributed by atoms with Gasteiger partial charge in [-0.3, -0.25) is 0 Å². The van der Waals surface area contributed by atoms with Gasteiger partial charge in [-0.1, -0.05) is 42.5 Å². The molecule has 0 aromatic heterocycles. The van der Waals surface area contributed by atoms with E-state index in [1.165, 1.54) is 0 Å². The highest BCUT2D eigenvalue weighted by atomic mass is 16.6. The fourth-order valence-electron chi connectivity index (χ4n) is 2.11. The van der Waals surface area contributed by atoms with Crippen LogP contribution in [0.3, 0.4) is 0 Å². The topological polar surface area (TPSA) is 81.8 Å². The van der Waals surface area contributed by atoms with E-state index in [1.807, 2.05) is 36.4 Å². The number of aliphatic hydroxyl groups is 1. The molecule has 0 aliphatic carbocycles. The molecule has 102 valence electrons. The van der Waals surface area contributed by atoms with E-state index in [1.54, 1.807) is 6.08 Å². The van der Waals surface area contributed by atoms with Crippen molar-refractivity contribution < 1.29 is 19.4 Å². The first-order valence-electron chi connectivity index (χ1n) is 6.07. The Labute approximate surface area is 111 Å². The maximum absolute atomic E-state index is 10.7. The number of carbonyl (C=O) groups excluding carboxylic acids is 1. The first kappa shape index (κ1) is 13.6. The standard InChI is InChI=1S/C14H17NO4/c15-13(16)19-10-14(17,12-7-4-8-18-12)9-11-5-2-1-3-6-11/h1-7,12,17H,8-10H2,(H2,15,16)/t12-,14+/m0/s1. The van der Waals surface area contributed by atoms with Crippen LogP contribution < -0.4 is 5.73 Å². The number of hydrogen-bond acceptors (Lipinski definition) is 4. The van der Waals surface area contributed by atoms with Crippen LogP contribution in [0.25, 0.3) is 0 Å². The largest absolute Gasteiger partial charge is 0.447 e. The molecule has 1 aromatic carbocycles. The van der Waals surface area contributed by atoms with Gasteiger partial charge in [-0.05, 0) is 5.56 Å². The maximum Gasteiger partial charge on any atom is 0.404 e. The van der Waals surface area contributed by atoms with Gasteiger partial charge in [-0.15, -0.1) is 0 Å². The van der Waals surface area contributed by atoms with Gasteiger partial charge in [0.2, 0.25) is 0 Å². The van der Waals surface area contributed by atoms with Crippen molar-refractivity contribution in [2.45, 2.75) is 18.1 Å². The summed E-state index contributed by atoms with van der Waals surface area (Å²) in [5.74, 6) is 0. The Morgan fingerprint density at radius 1 is 1.47 bits per heavy atom. The Bertz CT molecular complexity index is 460. The van der Waals surface area contributed by atoms with Crippen molar-refractivity contribution in [3.63, 3.8) is 0 Å². The number of hydrogen-bond donors (Lipinski definition) is 2. The first-order chi connectivity index (χ1) is 9.10. The third-order valence-corrected chi connectivity index (χ3v) is 3.03. The van der Waals surface area contributed by atoms with Crippen molar-refractivity contribution in [1.82, 2.24) is 0 Å². The summed E-state index contributed by atoms with van der Waals surface area (Å²) >= 11 is 0. The molecule has 5 heteroatoms. The third-order valence-electron chi connectivity index (χ3n) is 3.03. The minimum absolute atomic E-state index is 0.202. The summed E-state index contributed by atoms with van der Waals surface area (Å²) in [4.78, 5) is 10.7. The van der Waals surface area contributed by atoms with Gasteiger partial charge in [0, 0.05) is 6.42 Å². The smallest absolute Gasteiger partial charge is 0.404 e. The van der Waals surface area contributed by atoms with Crippen LogP contribution in [0.2, 0.25) is 0 Å². The zero-order valence-corrected chi connectivity index (χ0v) is 10.5. The van der Waals surface area contributed by atoms with Crippen LogP contribution in [-0.2, 0) is 15.9 Å². The van der Waals surface area contributed by atoms with Crippen LogP contribution in [0.5, 0.6) is 0 Å². The van der Waals surface area contributed by atoms with Crippen molar-refractivity contribution >= 4 is 6.09 Å². The van der Waals surface area contributed by atoms with Crippen molar-refractivity contribution in [2.24, 2.45) is 5.73 Å². The van der Waals surface area contributed by atoms with Gasteiger partial charge in [0.15, 0.2) is 0 Å². The SMILES string of the molecule is NC(=O)OC[C@](O)(Cc1ccccc1)[C@@H]1C=CCO1. The van der Waals surface area contributed by atoms with Crippen molar-refractivity contribution in [3.05, 3.63) is 48.0 Å². The third kappa shape index (κ3) is 3.56. The summed E-state index contributed by atoms with van der Waals surface area (Å²) in [5.41, 5.74) is 4.58. The lowest BCUT2D eigenvalue weighted by Gasteiger charge is -2.32. The number of amides is 1. The Morgan fingerprint density at radius 2 is 2.21 bits per heavy atom. The van der Waals surface area contributed by atoms with Gasteiger partial charge in [-0.2, -0.15) is 0 Å². The zero-order valence-electron chi connectivity index (χ0n) is 10.5. The highest BCUT2D eigenvalue weighted by Gasteiger charge is 2.39. The lowest BCUT2D eigenvalue weighted by atomic mass is 9.89. The Morgan fingerprint density at radius 3 is 2.79 bits per heavy atom. The molecule has 19 heavy (non-hydrogen) atoms. The monoisotopic (exact) mass is 263 g/mol. The molecule has 0 saturated carbocycles. The van der Waals surface area contributed by atoms with E-state index < -0.39 is 17.8 Å². The van der Waals surface area contributed by atoms with E-state index >= 15 is 0 Å². The predicted molar refractivity (Wildman–Crippen MR) is 69.5 cm³/mol. The summed E-state index contributed by atoms with van der Waals surface area (Å²) in [6.07, 6.45) is 2.49. The molecule has 0 radical (unpaired) electrons. The van der Waals surface area contributed by atoms with Crippen LogP contribution in [-0.4, -0.2) is 36.1 Å². The molecule has 3 N–H and O–H groups in total. The van der Waals surface area contributed by atoms with Gasteiger partial charge in [0.1, 0.15) is 18.3 Å². The lowest BCUT2D eigenvalue weighted by molar-refractivity contribution is -0.101. The van der Waals surface area contributed by atoms with Crippen molar-refractivity contribution in [3.8, 4) is 0 Å². The molecule has 5 nitrogen and oxygen atoms in total. The minimum atomic E-state index is -1.32. The second kappa shape index (κ2) is 5.86. The van der Waals surface area contributed by atoms with Crippen LogP contribution >= 0.6 is 0 Å². The maximum atomic E-state index is 10.7. The van der Waals surface area contributed by atoms with Crippen LogP contribution in [0.15, 0.2) is 42.5 Å². The quantitative estimate of drug-likeness (QED) is 0.777. The van der Waals surface area contributed by atoms with E-state index in [0.717, 1.165) is 5.56 Å². The number of carbonyl (C=O) groups is 1. The summed E-state index contributed by atoms with van der Waals surface area (Å²) in [7, 11) is 0. The Hall–Kier alpha value is -1.85. The predicted octanol–water partition coefficient (Wildman–Crippen LogP) is 1.01. The number of benzene rings is 1. The fraction of sp³-hybridized carbons (Fsp3) is 0.357. The van der Waals surface area contributed by atoms with Crippen LogP contribution in [0.1, 0.15) is 5.56 Å². The number of nitrogens with two attached hydrogens (primary N) is 1. The number of rotatable bonds is 5. The molecule has 0 spiro atoms. The molecule has 2 rings (SSSR count). The summed E-state index contributed by atoms with van der Waals surface area (Å²) in [6, 6.07) is 9.46. The molecule has 1 aliphatic rings. The number of ether oxygens (including phenoxy) is 2. The van der Waals surface area contributed by atoms with Crippen molar-refractivity contribution in [2.75, 3.05) is 13.2 Å². The summed E-state index contributed by atoms with van der Waals surface area (Å²) in [5, 5.41) is 10.7. The first-order valence-corrected chi connectivity index (χ1v) is 6.07. The van der Waals surface area contributed by atoms with Gasteiger partial charge in [0.05, 0.1) is 6.61 Å². The highest BCUT2D eigenvalue weighted by Crippen LogP contribution is 2.24. The summed E-state index contributed by atoms with van der Waals surface area (Å²) in [6.45, 7) is 0.241. The Kier molecular flexibility index (Phi) is 4.19. The molecular weight excluding hydrogens is 246 g/mol. The molecule has 1 aliphatic heterocycles. The Balaban J connectivity index is 2.13. The molecule has 1 aromatic rings. The van der Waals surface area contributed by atoms with E-state index in [9.17, 15) is 9.90 Å². The average Bonchev–Trinajstić information content (AvgIpc) is 2.92. The van der Waals surface area contributed by atoms with Gasteiger partial charge in [-0.25, -0.2) is 4.79 Å². The zero-order chi connectivity index (χ0) is 13.7. The molecular formula is C14H17NO4. The minimum Gasteiger partial charge on any atom is -0.447 e. The second-order valence-corrected chi connectivity index (χ2v) is 4.56. The molecule has 0 bridgehead atoms.